The SMILES string of the molecule is CNc1cc(Oc2ccc(C#N)cc2)nc(C(C)C)n1. The van der Waals surface area contributed by atoms with Gasteiger partial charge in [-0.15, -0.1) is 0 Å². The van der Waals surface area contributed by atoms with E-state index in [4.69, 9.17) is 10.00 Å². The highest BCUT2D eigenvalue weighted by molar-refractivity contribution is 5.41. The molecule has 0 aliphatic heterocycles. The van der Waals surface area contributed by atoms with Crippen molar-refractivity contribution in [2.24, 2.45) is 0 Å². The molecule has 20 heavy (non-hydrogen) atoms. The van der Waals surface area contributed by atoms with Crippen LogP contribution in [0.2, 0.25) is 0 Å². The van der Waals surface area contributed by atoms with Gasteiger partial charge in [-0.25, -0.2) is 4.98 Å². The van der Waals surface area contributed by atoms with Gasteiger partial charge in [0.15, 0.2) is 0 Å². The van der Waals surface area contributed by atoms with Crippen molar-refractivity contribution in [1.82, 2.24) is 9.97 Å². The molecule has 0 bridgehead atoms. The highest BCUT2D eigenvalue weighted by atomic mass is 16.5. The molecular formula is C15H16N4O. The van der Waals surface area contributed by atoms with Crippen LogP contribution in [0.3, 0.4) is 0 Å². The van der Waals surface area contributed by atoms with Crippen LogP contribution in [0.4, 0.5) is 5.82 Å². The Morgan fingerprint density at radius 3 is 2.45 bits per heavy atom. The summed E-state index contributed by atoms with van der Waals surface area (Å²) < 4.78 is 5.71. The molecule has 2 aromatic rings. The average molecular weight is 268 g/mol. The fourth-order valence-corrected chi connectivity index (χ4v) is 1.60. The quantitative estimate of drug-likeness (QED) is 0.921. The largest absolute Gasteiger partial charge is 0.439 e. The molecule has 0 saturated carbocycles. The molecule has 102 valence electrons. The number of nitriles is 1. The highest BCUT2D eigenvalue weighted by Gasteiger charge is 2.09. The summed E-state index contributed by atoms with van der Waals surface area (Å²) in [5, 5.41) is 11.8. The van der Waals surface area contributed by atoms with Crippen molar-refractivity contribution in [1.29, 1.82) is 5.26 Å². The molecular weight excluding hydrogens is 252 g/mol. The first-order chi connectivity index (χ1) is 9.62. The molecule has 0 aliphatic rings. The number of hydrogen-bond acceptors (Lipinski definition) is 5. The van der Waals surface area contributed by atoms with E-state index < -0.39 is 0 Å². The molecule has 5 nitrogen and oxygen atoms in total. The van der Waals surface area contributed by atoms with Crippen LogP contribution in [0.25, 0.3) is 0 Å². The van der Waals surface area contributed by atoms with Gasteiger partial charge in [0.1, 0.15) is 17.4 Å². The Bertz CT molecular complexity index is 629. The van der Waals surface area contributed by atoms with Crippen molar-refractivity contribution >= 4 is 5.82 Å². The van der Waals surface area contributed by atoms with Crippen LogP contribution in [-0.4, -0.2) is 17.0 Å². The number of hydrogen-bond donors (Lipinski definition) is 1. The van der Waals surface area contributed by atoms with Gasteiger partial charge in [0, 0.05) is 19.0 Å². The predicted octanol–water partition coefficient (Wildman–Crippen LogP) is 3.31. The molecule has 0 spiro atoms. The second kappa shape index (κ2) is 6.02. The predicted molar refractivity (Wildman–Crippen MR) is 76.9 cm³/mol. The van der Waals surface area contributed by atoms with E-state index in [0.717, 1.165) is 5.82 Å². The van der Waals surface area contributed by atoms with Crippen molar-refractivity contribution < 1.29 is 4.74 Å². The van der Waals surface area contributed by atoms with E-state index in [9.17, 15) is 0 Å². The maximum Gasteiger partial charge on any atom is 0.224 e. The minimum absolute atomic E-state index is 0.214. The van der Waals surface area contributed by atoms with Gasteiger partial charge in [-0.1, -0.05) is 13.8 Å². The number of ether oxygens (including phenoxy) is 1. The van der Waals surface area contributed by atoms with Gasteiger partial charge in [0.05, 0.1) is 11.6 Å². The molecule has 0 saturated heterocycles. The molecule has 5 heteroatoms. The monoisotopic (exact) mass is 268 g/mol. The van der Waals surface area contributed by atoms with Gasteiger partial charge < -0.3 is 10.1 Å². The van der Waals surface area contributed by atoms with Crippen LogP contribution in [0.5, 0.6) is 11.6 Å². The summed E-state index contributed by atoms with van der Waals surface area (Å²) in [7, 11) is 1.80. The molecule has 0 atom stereocenters. The van der Waals surface area contributed by atoms with E-state index in [1.54, 1.807) is 37.4 Å². The van der Waals surface area contributed by atoms with Crippen LogP contribution < -0.4 is 10.1 Å². The number of rotatable bonds is 4. The van der Waals surface area contributed by atoms with E-state index in [0.29, 0.717) is 23.0 Å². The third-order valence-electron chi connectivity index (χ3n) is 2.70. The Kier molecular flexibility index (Phi) is 4.16. The van der Waals surface area contributed by atoms with Crippen molar-refractivity contribution in [3.63, 3.8) is 0 Å². The van der Waals surface area contributed by atoms with Gasteiger partial charge in [0.25, 0.3) is 0 Å². The van der Waals surface area contributed by atoms with E-state index in [1.807, 2.05) is 13.8 Å². The Hall–Kier alpha value is -2.61. The minimum atomic E-state index is 0.214. The maximum atomic E-state index is 8.76. The fourth-order valence-electron chi connectivity index (χ4n) is 1.60. The number of nitrogens with zero attached hydrogens (tertiary/aromatic N) is 3. The molecule has 0 fully saturated rings. The Balaban J connectivity index is 2.27. The van der Waals surface area contributed by atoms with Gasteiger partial charge in [-0.05, 0) is 24.3 Å². The zero-order valence-corrected chi connectivity index (χ0v) is 11.7. The minimum Gasteiger partial charge on any atom is -0.439 e. The molecule has 1 heterocycles. The molecule has 0 aliphatic carbocycles. The highest BCUT2D eigenvalue weighted by Crippen LogP contribution is 2.23. The van der Waals surface area contributed by atoms with Crippen molar-refractivity contribution in [2.75, 3.05) is 12.4 Å². The molecule has 2 rings (SSSR count). The average Bonchev–Trinajstić information content (AvgIpc) is 2.47. The van der Waals surface area contributed by atoms with Crippen molar-refractivity contribution in [3.8, 4) is 17.7 Å². The number of nitrogens with one attached hydrogen (secondary N) is 1. The van der Waals surface area contributed by atoms with Crippen LogP contribution in [0.1, 0.15) is 31.2 Å². The zero-order valence-electron chi connectivity index (χ0n) is 11.7. The van der Waals surface area contributed by atoms with E-state index in [2.05, 4.69) is 21.4 Å². The fraction of sp³-hybridized carbons (Fsp3) is 0.267. The normalized spacial score (nSPS) is 10.2. The summed E-state index contributed by atoms with van der Waals surface area (Å²) in [4.78, 5) is 8.76. The number of aromatic nitrogens is 2. The Morgan fingerprint density at radius 1 is 1.20 bits per heavy atom. The lowest BCUT2D eigenvalue weighted by atomic mass is 10.2. The lowest BCUT2D eigenvalue weighted by Gasteiger charge is -2.10. The first kappa shape index (κ1) is 13.8. The van der Waals surface area contributed by atoms with Gasteiger partial charge in [-0.2, -0.15) is 10.2 Å². The van der Waals surface area contributed by atoms with E-state index in [1.165, 1.54) is 0 Å². The van der Waals surface area contributed by atoms with Crippen molar-refractivity contribution in [2.45, 2.75) is 19.8 Å². The Morgan fingerprint density at radius 2 is 1.90 bits per heavy atom. The van der Waals surface area contributed by atoms with Crippen LogP contribution in [0, 0.1) is 11.3 Å². The van der Waals surface area contributed by atoms with Crippen molar-refractivity contribution in [3.05, 3.63) is 41.7 Å². The summed E-state index contributed by atoms with van der Waals surface area (Å²) in [6.07, 6.45) is 0. The summed E-state index contributed by atoms with van der Waals surface area (Å²) in [5.74, 6) is 2.77. The lowest BCUT2D eigenvalue weighted by molar-refractivity contribution is 0.457. The van der Waals surface area contributed by atoms with Gasteiger partial charge in [-0.3, -0.25) is 0 Å². The second-order valence-electron chi connectivity index (χ2n) is 4.59. The second-order valence-corrected chi connectivity index (χ2v) is 4.59. The van der Waals surface area contributed by atoms with Crippen LogP contribution in [-0.2, 0) is 0 Å². The summed E-state index contributed by atoms with van der Waals surface area (Å²) in [6.45, 7) is 4.06. The lowest BCUT2D eigenvalue weighted by Crippen LogP contribution is -2.03. The molecule has 1 N–H and O–H groups in total. The summed E-state index contributed by atoms with van der Waals surface area (Å²) in [6, 6.07) is 10.7. The van der Waals surface area contributed by atoms with Crippen LogP contribution >= 0.6 is 0 Å². The molecule has 0 amide bonds. The first-order valence-corrected chi connectivity index (χ1v) is 6.37. The van der Waals surface area contributed by atoms with Gasteiger partial charge in [0.2, 0.25) is 5.88 Å². The smallest absolute Gasteiger partial charge is 0.224 e. The topological polar surface area (TPSA) is 70.8 Å². The molecule has 1 aromatic carbocycles. The third-order valence-corrected chi connectivity index (χ3v) is 2.70. The van der Waals surface area contributed by atoms with Crippen LogP contribution in [0.15, 0.2) is 30.3 Å². The molecule has 0 radical (unpaired) electrons. The standard InChI is InChI=1S/C15H16N4O/c1-10(2)15-18-13(17-3)8-14(19-15)20-12-6-4-11(9-16)5-7-12/h4-8,10H,1-3H3,(H,17,18,19). The zero-order chi connectivity index (χ0) is 14.5. The molecule has 1 aromatic heterocycles. The number of anilines is 1. The van der Waals surface area contributed by atoms with Gasteiger partial charge >= 0.3 is 0 Å². The Labute approximate surface area is 118 Å². The molecule has 0 unspecified atom stereocenters. The summed E-state index contributed by atoms with van der Waals surface area (Å²) in [5.41, 5.74) is 0.596. The summed E-state index contributed by atoms with van der Waals surface area (Å²) >= 11 is 0. The number of benzene rings is 1. The maximum absolute atomic E-state index is 8.76. The van der Waals surface area contributed by atoms with E-state index in [-0.39, 0.29) is 5.92 Å². The third kappa shape index (κ3) is 3.23. The van der Waals surface area contributed by atoms with E-state index >= 15 is 0 Å². The first-order valence-electron chi connectivity index (χ1n) is 6.37.